The molecule has 2 aliphatic rings. The molecule has 2 heterocycles. The molecule has 0 spiro atoms. The summed E-state index contributed by atoms with van der Waals surface area (Å²) in [6.45, 7) is 4.18. The second-order valence-corrected chi connectivity index (χ2v) is 5.82. The van der Waals surface area contributed by atoms with Crippen LogP contribution in [0, 0.1) is 5.92 Å². The highest BCUT2D eigenvalue weighted by Gasteiger charge is 2.23. The van der Waals surface area contributed by atoms with Crippen LogP contribution in [-0.2, 0) is 4.74 Å². The van der Waals surface area contributed by atoms with Crippen LogP contribution in [0.5, 0.6) is 0 Å². The maximum atomic E-state index is 12.7. The Morgan fingerprint density at radius 1 is 1.29 bits per heavy atom. The Kier molecular flexibility index (Phi) is 4.29. The Hall–Kier alpha value is -1.75. The van der Waals surface area contributed by atoms with E-state index in [0.717, 1.165) is 62.6 Å². The number of anilines is 2. The first-order chi connectivity index (χ1) is 10.3. The lowest BCUT2D eigenvalue weighted by Gasteiger charge is -2.29. The van der Waals surface area contributed by atoms with Gasteiger partial charge in [-0.05, 0) is 30.9 Å². The fourth-order valence-corrected chi connectivity index (χ4v) is 3.06. The van der Waals surface area contributed by atoms with E-state index in [1.165, 1.54) is 0 Å². The number of hydrogen-bond acceptors (Lipinski definition) is 4. The molecular formula is C16H23N3O2. The predicted octanol–water partition coefficient (Wildman–Crippen LogP) is 2.02. The van der Waals surface area contributed by atoms with Crippen molar-refractivity contribution in [3.63, 3.8) is 0 Å². The molecule has 3 rings (SSSR count). The summed E-state index contributed by atoms with van der Waals surface area (Å²) in [6, 6.07) is 5.85. The van der Waals surface area contributed by atoms with Crippen LogP contribution in [0.2, 0.25) is 0 Å². The molecule has 21 heavy (non-hydrogen) atoms. The third kappa shape index (κ3) is 3.13. The van der Waals surface area contributed by atoms with Crippen LogP contribution in [0.3, 0.4) is 0 Å². The van der Waals surface area contributed by atoms with Gasteiger partial charge in [-0.3, -0.25) is 4.79 Å². The highest BCUT2D eigenvalue weighted by Crippen LogP contribution is 2.29. The minimum absolute atomic E-state index is 0.0922. The van der Waals surface area contributed by atoms with Crippen LogP contribution < -0.4 is 10.6 Å². The first-order valence-corrected chi connectivity index (χ1v) is 7.69. The van der Waals surface area contributed by atoms with Gasteiger partial charge in [0.25, 0.3) is 5.91 Å². The molecule has 1 fully saturated rings. The highest BCUT2D eigenvalue weighted by molar-refractivity contribution is 6.02. The SMILES string of the molecule is CN(CC1CCOCC1)C(=O)c1cccc2c1NCCN2. The van der Waals surface area contributed by atoms with Crippen LogP contribution in [0.4, 0.5) is 11.4 Å². The molecule has 5 nitrogen and oxygen atoms in total. The van der Waals surface area contributed by atoms with Gasteiger partial charge in [-0.2, -0.15) is 0 Å². The number of rotatable bonds is 3. The molecule has 2 N–H and O–H groups in total. The summed E-state index contributed by atoms with van der Waals surface area (Å²) in [5.41, 5.74) is 2.72. The van der Waals surface area contributed by atoms with Gasteiger partial charge < -0.3 is 20.3 Å². The first-order valence-electron chi connectivity index (χ1n) is 7.69. The molecular weight excluding hydrogens is 266 g/mol. The van der Waals surface area contributed by atoms with Gasteiger partial charge in [0, 0.05) is 39.9 Å². The molecule has 5 heteroatoms. The van der Waals surface area contributed by atoms with Crippen molar-refractivity contribution < 1.29 is 9.53 Å². The standard InChI is InChI=1S/C16H23N3O2/c1-19(11-12-5-9-21-10-6-12)16(20)13-3-2-4-14-15(13)18-8-7-17-14/h2-4,12,17-18H,5-11H2,1H3. The molecule has 0 unspecified atom stereocenters. The Morgan fingerprint density at radius 2 is 2.05 bits per heavy atom. The van der Waals surface area contributed by atoms with Crippen LogP contribution in [0.1, 0.15) is 23.2 Å². The van der Waals surface area contributed by atoms with Gasteiger partial charge in [-0.15, -0.1) is 0 Å². The number of hydrogen-bond donors (Lipinski definition) is 2. The van der Waals surface area contributed by atoms with Gasteiger partial charge in [0.05, 0.1) is 16.9 Å². The van der Waals surface area contributed by atoms with Gasteiger partial charge in [0.1, 0.15) is 0 Å². The van der Waals surface area contributed by atoms with Crippen molar-refractivity contribution in [3.8, 4) is 0 Å². The van der Waals surface area contributed by atoms with Gasteiger partial charge >= 0.3 is 0 Å². The Labute approximate surface area is 125 Å². The Morgan fingerprint density at radius 3 is 2.86 bits per heavy atom. The fourth-order valence-electron chi connectivity index (χ4n) is 3.06. The van der Waals surface area contributed by atoms with Crippen molar-refractivity contribution in [2.24, 2.45) is 5.92 Å². The van der Waals surface area contributed by atoms with Gasteiger partial charge in [0.2, 0.25) is 0 Å². The number of carbonyl (C=O) groups is 1. The molecule has 0 aliphatic carbocycles. The lowest BCUT2D eigenvalue weighted by Crippen LogP contribution is -2.35. The monoisotopic (exact) mass is 289 g/mol. The number of carbonyl (C=O) groups excluding carboxylic acids is 1. The first kappa shape index (κ1) is 14.2. The zero-order valence-corrected chi connectivity index (χ0v) is 12.5. The van der Waals surface area contributed by atoms with Crippen molar-refractivity contribution in [1.82, 2.24) is 4.90 Å². The van der Waals surface area contributed by atoms with Crippen molar-refractivity contribution in [2.75, 3.05) is 50.5 Å². The third-order valence-corrected chi connectivity index (χ3v) is 4.26. The molecule has 114 valence electrons. The van der Waals surface area contributed by atoms with E-state index in [-0.39, 0.29) is 5.91 Å². The van der Waals surface area contributed by atoms with E-state index < -0.39 is 0 Å². The van der Waals surface area contributed by atoms with Crippen molar-refractivity contribution in [2.45, 2.75) is 12.8 Å². The van der Waals surface area contributed by atoms with E-state index in [9.17, 15) is 4.79 Å². The zero-order chi connectivity index (χ0) is 14.7. The summed E-state index contributed by atoms with van der Waals surface area (Å²) < 4.78 is 5.38. The van der Waals surface area contributed by atoms with E-state index in [4.69, 9.17) is 4.74 Å². The van der Waals surface area contributed by atoms with Crippen molar-refractivity contribution >= 4 is 17.3 Å². The molecule has 0 atom stereocenters. The average Bonchev–Trinajstić information content (AvgIpc) is 2.54. The molecule has 0 saturated carbocycles. The number of fused-ring (bicyclic) bond motifs is 1. The normalized spacial score (nSPS) is 18.3. The second kappa shape index (κ2) is 6.35. The second-order valence-electron chi connectivity index (χ2n) is 5.82. The summed E-state index contributed by atoms with van der Waals surface area (Å²) in [4.78, 5) is 14.6. The van der Waals surface area contributed by atoms with E-state index in [2.05, 4.69) is 10.6 Å². The molecule has 1 aromatic rings. The van der Waals surface area contributed by atoms with E-state index in [1.54, 1.807) is 0 Å². The Balaban J connectivity index is 1.72. The predicted molar refractivity (Wildman–Crippen MR) is 83.9 cm³/mol. The zero-order valence-electron chi connectivity index (χ0n) is 12.5. The molecule has 0 aromatic heterocycles. The maximum Gasteiger partial charge on any atom is 0.255 e. The van der Waals surface area contributed by atoms with Gasteiger partial charge in [-0.1, -0.05) is 6.07 Å². The van der Waals surface area contributed by atoms with Crippen molar-refractivity contribution in [3.05, 3.63) is 23.8 Å². The smallest absolute Gasteiger partial charge is 0.255 e. The van der Waals surface area contributed by atoms with Crippen molar-refractivity contribution in [1.29, 1.82) is 0 Å². The minimum Gasteiger partial charge on any atom is -0.382 e. The number of ether oxygens (including phenoxy) is 1. The van der Waals surface area contributed by atoms with E-state index >= 15 is 0 Å². The average molecular weight is 289 g/mol. The van der Waals surface area contributed by atoms with Crippen LogP contribution in [-0.4, -0.2) is 50.7 Å². The molecule has 1 aromatic carbocycles. The molecule has 1 amide bonds. The Bertz CT molecular complexity index is 512. The number of nitrogens with zero attached hydrogens (tertiary/aromatic N) is 1. The molecule has 2 aliphatic heterocycles. The van der Waals surface area contributed by atoms with Gasteiger partial charge in [-0.25, -0.2) is 0 Å². The summed E-state index contributed by atoms with van der Waals surface area (Å²) in [7, 11) is 1.90. The number of para-hydroxylation sites is 1. The summed E-state index contributed by atoms with van der Waals surface area (Å²) in [5, 5.41) is 6.67. The molecule has 0 bridgehead atoms. The number of amides is 1. The lowest BCUT2D eigenvalue weighted by atomic mass is 9.99. The lowest BCUT2D eigenvalue weighted by molar-refractivity contribution is 0.0497. The minimum atomic E-state index is 0.0922. The van der Waals surface area contributed by atoms with E-state index in [1.807, 2.05) is 30.1 Å². The van der Waals surface area contributed by atoms with E-state index in [0.29, 0.717) is 5.92 Å². The van der Waals surface area contributed by atoms with Crippen LogP contribution in [0.25, 0.3) is 0 Å². The quantitative estimate of drug-likeness (QED) is 0.894. The number of benzene rings is 1. The fraction of sp³-hybridized carbons (Fsp3) is 0.562. The van der Waals surface area contributed by atoms with Gasteiger partial charge in [0.15, 0.2) is 0 Å². The van der Waals surface area contributed by atoms with Crippen LogP contribution >= 0.6 is 0 Å². The summed E-state index contributed by atoms with van der Waals surface area (Å²) in [6.07, 6.45) is 2.09. The summed E-state index contributed by atoms with van der Waals surface area (Å²) in [5.74, 6) is 0.646. The van der Waals surface area contributed by atoms with Crippen LogP contribution in [0.15, 0.2) is 18.2 Å². The summed E-state index contributed by atoms with van der Waals surface area (Å²) >= 11 is 0. The molecule has 0 radical (unpaired) electrons. The highest BCUT2D eigenvalue weighted by atomic mass is 16.5. The number of nitrogens with one attached hydrogen (secondary N) is 2. The molecule has 1 saturated heterocycles. The maximum absolute atomic E-state index is 12.7. The largest absolute Gasteiger partial charge is 0.382 e. The topological polar surface area (TPSA) is 53.6 Å². The third-order valence-electron chi connectivity index (χ3n) is 4.26.